The molecule has 0 aromatic heterocycles. The zero-order valence-electron chi connectivity index (χ0n) is 11.6. The Kier molecular flexibility index (Phi) is 5.44. The van der Waals surface area contributed by atoms with Crippen LogP contribution >= 0.6 is 0 Å². The molecule has 0 saturated carbocycles. The van der Waals surface area contributed by atoms with Crippen molar-refractivity contribution < 1.29 is 9.84 Å². The smallest absolute Gasteiger partial charge is 0.122 e. The summed E-state index contributed by atoms with van der Waals surface area (Å²) in [5, 5.41) is 9.02. The topological polar surface area (TPSA) is 55.5 Å². The molecule has 106 valence electrons. The average molecular weight is 271 g/mol. The Labute approximate surface area is 120 Å². The fraction of sp³-hybridized carbons (Fsp3) is 0.294. The highest BCUT2D eigenvalue weighted by Gasteiger charge is 2.02. The van der Waals surface area contributed by atoms with Crippen molar-refractivity contribution in [1.29, 1.82) is 0 Å². The minimum atomic E-state index is 0.145. The fourth-order valence-electron chi connectivity index (χ4n) is 2.11. The summed E-state index contributed by atoms with van der Waals surface area (Å²) >= 11 is 0. The molecule has 0 bridgehead atoms. The highest BCUT2D eigenvalue weighted by molar-refractivity contribution is 5.39. The zero-order chi connectivity index (χ0) is 14.2. The number of aryl methyl sites for hydroxylation is 1. The van der Waals surface area contributed by atoms with E-state index in [2.05, 4.69) is 12.1 Å². The molecule has 20 heavy (non-hydrogen) atoms. The summed E-state index contributed by atoms with van der Waals surface area (Å²) in [6.07, 6.45) is 2.56. The number of rotatable bonds is 7. The quantitative estimate of drug-likeness (QED) is 0.601. The minimum absolute atomic E-state index is 0.145. The normalized spacial score (nSPS) is 10.4. The van der Waals surface area contributed by atoms with E-state index >= 15 is 0 Å². The lowest BCUT2D eigenvalue weighted by Crippen LogP contribution is -2.03. The Morgan fingerprint density at radius 1 is 0.950 bits per heavy atom. The number of benzene rings is 2. The molecule has 2 rings (SSSR count). The van der Waals surface area contributed by atoms with Crippen LogP contribution in [0.2, 0.25) is 0 Å². The van der Waals surface area contributed by atoms with E-state index in [0.717, 1.165) is 29.8 Å². The summed E-state index contributed by atoms with van der Waals surface area (Å²) in [5.74, 6) is 0.874. The van der Waals surface area contributed by atoms with Crippen LogP contribution in [0, 0.1) is 0 Å². The number of para-hydroxylation sites is 1. The Hall–Kier alpha value is -2.00. The van der Waals surface area contributed by atoms with E-state index in [1.807, 2.05) is 36.4 Å². The molecule has 2 aromatic rings. The highest BCUT2D eigenvalue weighted by Crippen LogP contribution is 2.18. The number of hydrogen-bond donors (Lipinski definition) is 2. The van der Waals surface area contributed by atoms with E-state index in [1.165, 1.54) is 5.56 Å². The van der Waals surface area contributed by atoms with Crippen molar-refractivity contribution in [2.45, 2.75) is 19.3 Å². The van der Waals surface area contributed by atoms with Crippen molar-refractivity contribution in [1.82, 2.24) is 0 Å². The molecule has 3 N–H and O–H groups in total. The summed E-state index contributed by atoms with van der Waals surface area (Å²) in [7, 11) is 0. The largest absolute Gasteiger partial charge is 0.493 e. The molecule has 0 aliphatic carbocycles. The molecule has 0 saturated heterocycles. The lowest BCUT2D eigenvalue weighted by atomic mass is 10.1. The van der Waals surface area contributed by atoms with Crippen molar-refractivity contribution in [2.75, 3.05) is 18.9 Å². The first-order chi connectivity index (χ1) is 9.79. The second-order valence-electron chi connectivity index (χ2n) is 4.77. The number of ether oxygens (including phenoxy) is 1. The van der Waals surface area contributed by atoms with E-state index in [1.54, 1.807) is 0 Å². The van der Waals surface area contributed by atoms with Gasteiger partial charge in [-0.2, -0.15) is 0 Å². The molecule has 0 unspecified atom stereocenters. The third kappa shape index (κ3) is 4.28. The lowest BCUT2D eigenvalue weighted by molar-refractivity contribution is 0.286. The fourth-order valence-corrected chi connectivity index (χ4v) is 2.11. The molecule has 0 aliphatic rings. The van der Waals surface area contributed by atoms with Gasteiger partial charge in [-0.3, -0.25) is 0 Å². The van der Waals surface area contributed by atoms with Gasteiger partial charge in [0, 0.05) is 12.3 Å². The molecule has 0 atom stereocenters. The maximum Gasteiger partial charge on any atom is 0.122 e. The van der Waals surface area contributed by atoms with Gasteiger partial charge in [-0.15, -0.1) is 0 Å². The standard InChI is InChI=1S/C17H21NO2/c18-16-9-7-14(8-10-16)4-3-13-20-17-6-2-1-5-15(17)11-12-19/h1-2,5-10,19H,3-4,11-13,18H2. The predicted molar refractivity (Wildman–Crippen MR) is 81.9 cm³/mol. The van der Waals surface area contributed by atoms with Gasteiger partial charge in [0.25, 0.3) is 0 Å². The number of hydrogen-bond acceptors (Lipinski definition) is 3. The van der Waals surface area contributed by atoms with Crippen molar-refractivity contribution in [3.05, 3.63) is 59.7 Å². The van der Waals surface area contributed by atoms with Gasteiger partial charge in [-0.1, -0.05) is 30.3 Å². The van der Waals surface area contributed by atoms with Crippen molar-refractivity contribution in [2.24, 2.45) is 0 Å². The van der Waals surface area contributed by atoms with E-state index in [9.17, 15) is 0 Å². The third-order valence-corrected chi connectivity index (χ3v) is 3.20. The molecule has 0 spiro atoms. The van der Waals surface area contributed by atoms with E-state index in [-0.39, 0.29) is 6.61 Å². The SMILES string of the molecule is Nc1ccc(CCCOc2ccccc2CCO)cc1. The van der Waals surface area contributed by atoms with Crippen LogP contribution in [-0.4, -0.2) is 18.3 Å². The molecule has 3 nitrogen and oxygen atoms in total. The molecular weight excluding hydrogens is 250 g/mol. The molecule has 0 aliphatic heterocycles. The van der Waals surface area contributed by atoms with Crippen LogP contribution in [0.3, 0.4) is 0 Å². The van der Waals surface area contributed by atoms with Crippen molar-refractivity contribution in [3.8, 4) is 5.75 Å². The number of nitrogens with two attached hydrogens (primary N) is 1. The first kappa shape index (κ1) is 14.4. The monoisotopic (exact) mass is 271 g/mol. The first-order valence-electron chi connectivity index (χ1n) is 6.95. The second-order valence-corrected chi connectivity index (χ2v) is 4.77. The number of aliphatic hydroxyl groups is 1. The maximum absolute atomic E-state index is 9.02. The van der Waals surface area contributed by atoms with E-state index < -0.39 is 0 Å². The summed E-state index contributed by atoms with van der Waals surface area (Å²) in [5.41, 5.74) is 8.78. The number of anilines is 1. The summed E-state index contributed by atoms with van der Waals surface area (Å²) in [6.45, 7) is 0.818. The Bertz CT molecular complexity index is 523. The summed E-state index contributed by atoms with van der Waals surface area (Å²) in [4.78, 5) is 0. The maximum atomic E-state index is 9.02. The zero-order valence-corrected chi connectivity index (χ0v) is 11.6. The van der Waals surface area contributed by atoms with Crippen LogP contribution < -0.4 is 10.5 Å². The third-order valence-electron chi connectivity index (χ3n) is 3.20. The van der Waals surface area contributed by atoms with Gasteiger partial charge in [-0.05, 0) is 48.6 Å². The predicted octanol–water partition coefficient (Wildman–Crippen LogP) is 2.82. The molecular formula is C17H21NO2. The van der Waals surface area contributed by atoms with Crippen LogP contribution in [0.15, 0.2) is 48.5 Å². The van der Waals surface area contributed by atoms with Gasteiger partial charge in [-0.25, -0.2) is 0 Å². The van der Waals surface area contributed by atoms with Gasteiger partial charge in [0.15, 0.2) is 0 Å². The Morgan fingerprint density at radius 3 is 2.45 bits per heavy atom. The molecule has 3 heteroatoms. The summed E-state index contributed by atoms with van der Waals surface area (Å²) < 4.78 is 5.80. The van der Waals surface area contributed by atoms with Crippen LogP contribution in [0.25, 0.3) is 0 Å². The first-order valence-corrected chi connectivity index (χ1v) is 6.95. The Balaban J connectivity index is 1.79. The number of aliphatic hydroxyl groups excluding tert-OH is 1. The van der Waals surface area contributed by atoms with Crippen molar-refractivity contribution in [3.63, 3.8) is 0 Å². The molecule has 0 radical (unpaired) electrons. The molecule has 0 fully saturated rings. The van der Waals surface area contributed by atoms with Gasteiger partial charge in [0.2, 0.25) is 0 Å². The van der Waals surface area contributed by atoms with Gasteiger partial charge >= 0.3 is 0 Å². The van der Waals surface area contributed by atoms with Gasteiger partial charge in [0.1, 0.15) is 5.75 Å². The van der Waals surface area contributed by atoms with E-state index in [4.69, 9.17) is 15.6 Å². The number of nitrogen functional groups attached to an aromatic ring is 1. The molecule has 2 aromatic carbocycles. The molecule has 0 heterocycles. The van der Waals surface area contributed by atoms with Gasteiger partial charge < -0.3 is 15.6 Å². The highest BCUT2D eigenvalue weighted by atomic mass is 16.5. The van der Waals surface area contributed by atoms with E-state index in [0.29, 0.717) is 13.0 Å². The summed E-state index contributed by atoms with van der Waals surface area (Å²) in [6, 6.07) is 15.8. The van der Waals surface area contributed by atoms with Crippen LogP contribution in [0.4, 0.5) is 5.69 Å². The average Bonchev–Trinajstić information content (AvgIpc) is 2.47. The Morgan fingerprint density at radius 2 is 1.70 bits per heavy atom. The minimum Gasteiger partial charge on any atom is -0.493 e. The van der Waals surface area contributed by atoms with Crippen LogP contribution in [-0.2, 0) is 12.8 Å². The van der Waals surface area contributed by atoms with Crippen molar-refractivity contribution >= 4 is 5.69 Å². The van der Waals surface area contributed by atoms with Crippen LogP contribution in [0.5, 0.6) is 5.75 Å². The lowest BCUT2D eigenvalue weighted by Gasteiger charge is -2.10. The molecule has 0 amide bonds. The van der Waals surface area contributed by atoms with Crippen LogP contribution in [0.1, 0.15) is 17.5 Å². The van der Waals surface area contributed by atoms with Gasteiger partial charge in [0.05, 0.1) is 6.61 Å². The second kappa shape index (κ2) is 7.56.